The third-order valence-electron chi connectivity index (χ3n) is 2.23. The van der Waals surface area contributed by atoms with Crippen molar-refractivity contribution in [2.24, 2.45) is 0 Å². The highest BCUT2D eigenvalue weighted by atomic mass is 35.5. The number of phenols is 1. The van der Waals surface area contributed by atoms with Crippen LogP contribution in [-0.2, 0) is 14.2 Å². The third kappa shape index (κ3) is 2.69. The van der Waals surface area contributed by atoms with Gasteiger partial charge in [-0.1, -0.05) is 17.7 Å². The minimum Gasteiger partial charge on any atom is -0.505 e. The van der Waals surface area contributed by atoms with Gasteiger partial charge < -0.3 is 19.3 Å². The van der Waals surface area contributed by atoms with E-state index in [1.165, 1.54) is 33.5 Å². The SMILES string of the molecule is COC(=O)c1ccc(C(OC)OC)c(Cl)c1O. The quantitative estimate of drug-likeness (QED) is 0.664. The van der Waals surface area contributed by atoms with Crippen LogP contribution in [-0.4, -0.2) is 32.4 Å². The van der Waals surface area contributed by atoms with E-state index in [1.54, 1.807) is 0 Å². The summed E-state index contributed by atoms with van der Waals surface area (Å²) in [4.78, 5) is 11.3. The first-order valence-corrected chi connectivity index (χ1v) is 5.09. The first-order chi connectivity index (χ1) is 8.06. The van der Waals surface area contributed by atoms with Crippen LogP contribution in [0.3, 0.4) is 0 Å². The number of methoxy groups -OCH3 is 3. The van der Waals surface area contributed by atoms with E-state index in [2.05, 4.69) is 4.74 Å². The number of ether oxygens (including phenoxy) is 3. The first kappa shape index (κ1) is 13.8. The summed E-state index contributed by atoms with van der Waals surface area (Å²) in [5.74, 6) is -1.02. The fourth-order valence-electron chi connectivity index (χ4n) is 1.39. The Kier molecular flexibility index (Phi) is 4.74. The van der Waals surface area contributed by atoms with Crippen LogP contribution in [0.5, 0.6) is 5.75 Å². The molecule has 0 aromatic heterocycles. The zero-order chi connectivity index (χ0) is 13.0. The summed E-state index contributed by atoms with van der Waals surface area (Å²) >= 11 is 5.93. The van der Waals surface area contributed by atoms with Crippen molar-refractivity contribution in [1.82, 2.24) is 0 Å². The van der Waals surface area contributed by atoms with Crippen molar-refractivity contribution >= 4 is 17.6 Å². The van der Waals surface area contributed by atoms with Gasteiger partial charge in [0.15, 0.2) is 6.29 Å². The zero-order valence-electron chi connectivity index (χ0n) is 9.69. The Morgan fingerprint density at radius 2 is 1.88 bits per heavy atom. The van der Waals surface area contributed by atoms with E-state index >= 15 is 0 Å². The molecule has 0 aliphatic carbocycles. The van der Waals surface area contributed by atoms with Gasteiger partial charge in [0.1, 0.15) is 11.3 Å². The number of hydrogen-bond acceptors (Lipinski definition) is 5. The van der Waals surface area contributed by atoms with Crippen LogP contribution >= 0.6 is 11.6 Å². The lowest BCUT2D eigenvalue weighted by molar-refractivity contribution is -0.106. The molecule has 94 valence electrons. The van der Waals surface area contributed by atoms with Crippen molar-refractivity contribution in [3.63, 3.8) is 0 Å². The van der Waals surface area contributed by atoms with Gasteiger partial charge in [0.25, 0.3) is 0 Å². The average molecular weight is 261 g/mol. The normalized spacial score (nSPS) is 10.6. The van der Waals surface area contributed by atoms with Crippen molar-refractivity contribution in [2.75, 3.05) is 21.3 Å². The predicted molar refractivity (Wildman–Crippen MR) is 61.2 cm³/mol. The van der Waals surface area contributed by atoms with E-state index in [0.717, 1.165) is 0 Å². The standard InChI is InChI=1S/C11H13ClO5/c1-15-10(14)7-5-4-6(8(12)9(7)13)11(16-2)17-3/h4-5,11,13H,1-3H3. The predicted octanol–water partition coefficient (Wildman–Crippen LogP) is 2.12. The maximum atomic E-state index is 11.3. The molecule has 0 heterocycles. The summed E-state index contributed by atoms with van der Waals surface area (Å²) in [5, 5.41) is 9.78. The van der Waals surface area contributed by atoms with Gasteiger partial charge in [0.2, 0.25) is 0 Å². The fourth-order valence-corrected chi connectivity index (χ4v) is 1.64. The monoisotopic (exact) mass is 260 g/mol. The van der Waals surface area contributed by atoms with Gasteiger partial charge in [0.05, 0.1) is 12.1 Å². The fraction of sp³-hybridized carbons (Fsp3) is 0.364. The van der Waals surface area contributed by atoms with Crippen molar-refractivity contribution in [3.05, 3.63) is 28.3 Å². The Balaban J connectivity index is 3.23. The number of hydrogen-bond donors (Lipinski definition) is 1. The first-order valence-electron chi connectivity index (χ1n) is 4.72. The highest BCUT2D eigenvalue weighted by Gasteiger charge is 2.21. The van der Waals surface area contributed by atoms with Gasteiger partial charge in [-0.2, -0.15) is 0 Å². The van der Waals surface area contributed by atoms with E-state index in [9.17, 15) is 9.90 Å². The Labute approximate surface area is 104 Å². The number of carbonyl (C=O) groups excluding carboxylic acids is 1. The molecule has 0 radical (unpaired) electrons. The summed E-state index contributed by atoms with van der Waals surface area (Å²) in [6.07, 6.45) is -0.708. The van der Waals surface area contributed by atoms with Crippen LogP contribution in [0.2, 0.25) is 5.02 Å². The number of esters is 1. The molecular weight excluding hydrogens is 248 g/mol. The number of rotatable bonds is 4. The van der Waals surface area contributed by atoms with Crippen molar-refractivity contribution < 1.29 is 24.1 Å². The van der Waals surface area contributed by atoms with Gasteiger partial charge in [-0.15, -0.1) is 0 Å². The number of carbonyl (C=O) groups is 1. The summed E-state index contributed by atoms with van der Waals surface area (Å²) < 4.78 is 14.5. The smallest absolute Gasteiger partial charge is 0.341 e. The second kappa shape index (κ2) is 5.86. The molecule has 0 saturated carbocycles. The van der Waals surface area contributed by atoms with Gasteiger partial charge in [0, 0.05) is 19.8 Å². The molecule has 5 nitrogen and oxygen atoms in total. The molecule has 1 rings (SSSR count). The zero-order valence-corrected chi connectivity index (χ0v) is 10.4. The number of halogens is 1. The summed E-state index contributed by atoms with van der Waals surface area (Å²) in [7, 11) is 4.10. The molecule has 1 N–H and O–H groups in total. The molecule has 0 amide bonds. The molecule has 6 heteroatoms. The molecule has 0 aliphatic heterocycles. The summed E-state index contributed by atoms with van der Waals surface area (Å²) in [6.45, 7) is 0. The second-order valence-corrected chi connectivity index (χ2v) is 3.54. The molecule has 0 saturated heterocycles. The Bertz CT molecular complexity index is 415. The Morgan fingerprint density at radius 3 is 2.35 bits per heavy atom. The maximum Gasteiger partial charge on any atom is 0.341 e. The largest absolute Gasteiger partial charge is 0.505 e. The number of aromatic hydroxyl groups is 1. The van der Waals surface area contributed by atoms with Crippen molar-refractivity contribution in [1.29, 1.82) is 0 Å². The lowest BCUT2D eigenvalue weighted by Crippen LogP contribution is -2.07. The van der Waals surface area contributed by atoms with Crippen molar-refractivity contribution in [2.45, 2.75) is 6.29 Å². The van der Waals surface area contributed by atoms with E-state index in [4.69, 9.17) is 21.1 Å². The van der Waals surface area contributed by atoms with Crippen molar-refractivity contribution in [3.8, 4) is 5.75 Å². The van der Waals surface area contributed by atoms with Gasteiger partial charge in [-0.3, -0.25) is 0 Å². The lowest BCUT2D eigenvalue weighted by Gasteiger charge is -2.16. The molecule has 1 aromatic rings. The van der Waals surface area contributed by atoms with Crippen LogP contribution in [0.4, 0.5) is 0 Å². The van der Waals surface area contributed by atoms with E-state index < -0.39 is 12.3 Å². The Morgan fingerprint density at radius 1 is 1.29 bits per heavy atom. The van der Waals surface area contributed by atoms with Gasteiger partial charge in [-0.05, 0) is 6.07 Å². The molecular formula is C11H13ClO5. The number of benzene rings is 1. The van der Waals surface area contributed by atoms with E-state index in [0.29, 0.717) is 5.56 Å². The highest BCUT2D eigenvalue weighted by Crippen LogP contribution is 2.35. The highest BCUT2D eigenvalue weighted by molar-refractivity contribution is 6.33. The van der Waals surface area contributed by atoms with Crippen LogP contribution < -0.4 is 0 Å². The molecule has 17 heavy (non-hydrogen) atoms. The molecule has 0 bridgehead atoms. The molecule has 0 spiro atoms. The average Bonchev–Trinajstić information content (AvgIpc) is 2.35. The minimum absolute atomic E-state index is 0.00148. The maximum absolute atomic E-state index is 11.3. The van der Waals surface area contributed by atoms with Gasteiger partial charge in [-0.25, -0.2) is 4.79 Å². The molecule has 0 unspecified atom stereocenters. The Hall–Kier alpha value is -1.30. The minimum atomic E-state index is -0.708. The molecule has 0 aliphatic rings. The van der Waals surface area contributed by atoms with Crippen LogP contribution in [0, 0.1) is 0 Å². The van der Waals surface area contributed by atoms with Gasteiger partial charge >= 0.3 is 5.97 Å². The topological polar surface area (TPSA) is 65.0 Å². The van der Waals surface area contributed by atoms with Crippen LogP contribution in [0.1, 0.15) is 22.2 Å². The third-order valence-corrected chi connectivity index (χ3v) is 2.63. The second-order valence-electron chi connectivity index (χ2n) is 3.16. The van der Waals surface area contributed by atoms with E-state index in [-0.39, 0.29) is 16.3 Å². The summed E-state index contributed by atoms with van der Waals surface area (Å²) in [5.41, 5.74) is 0.425. The lowest BCUT2D eigenvalue weighted by atomic mass is 10.1. The molecule has 0 atom stereocenters. The van der Waals surface area contributed by atoms with Crippen LogP contribution in [0.25, 0.3) is 0 Å². The van der Waals surface area contributed by atoms with Crippen LogP contribution in [0.15, 0.2) is 12.1 Å². The summed E-state index contributed by atoms with van der Waals surface area (Å²) in [6, 6.07) is 2.93. The number of phenolic OH excluding ortho intramolecular Hbond substituents is 1. The van der Waals surface area contributed by atoms with E-state index in [1.807, 2.05) is 0 Å². The molecule has 1 aromatic carbocycles. The molecule has 0 fully saturated rings.